The molecule has 0 fully saturated rings. The molecule has 0 radical (unpaired) electrons. The minimum absolute atomic E-state index is 0.0336. The van der Waals surface area contributed by atoms with Crippen LogP contribution >= 0.6 is 11.8 Å². The molecule has 2 N–H and O–H groups in total. The summed E-state index contributed by atoms with van der Waals surface area (Å²) in [5.41, 5.74) is 1.02. The summed E-state index contributed by atoms with van der Waals surface area (Å²) in [7, 11) is 1.60. The van der Waals surface area contributed by atoms with Gasteiger partial charge in [-0.1, -0.05) is 44.2 Å². The Morgan fingerprint density at radius 1 is 1.05 bits per heavy atom. The molecular weight excluding hydrogens is 554 g/mol. The van der Waals surface area contributed by atoms with E-state index in [0.29, 0.717) is 55.4 Å². The monoisotopic (exact) mass is 593 g/mol. The van der Waals surface area contributed by atoms with Crippen LogP contribution in [0.4, 0.5) is 0 Å². The van der Waals surface area contributed by atoms with Gasteiger partial charge in [0.2, 0.25) is 17.4 Å². The summed E-state index contributed by atoms with van der Waals surface area (Å²) in [5.74, 6) is 1.05. The molecule has 3 heterocycles. The number of rotatable bonds is 6. The van der Waals surface area contributed by atoms with Gasteiger partial charge >= 0.3 is 0 Å². The van der Waals surface area contributed by atoms with E-state index in [1.165, 1.54) is 22.9 Å². The molecule has 0 spiro atoms. The fraction of sp³-hybridized carbons (Fsp3) is 0.467. The molecule has 11 nitrogen and oxygen atoms in total. The lowest BCUT2D eigenvalue weighted by Crippen LogP contribution is -2.49. The highest BCUT2D eigenvalue weighted by Crippen LogP contribution is 2.25. The van der Waals surface area contributed by atoms with E-state index in [-0.39, 0.29) is 35.6 Å². The fourth-order valence-corrected chi connectivity index (χ4v) is 5.35. The summed E-state index contributed by atoms with van der Waals surface area (Å²) in [4.78, 5) is 58.5. The van der Waals surface area contributed by atoms with Gasteiger partial charge < -0.3 is 20.1 Å². The number of thioether (sulfide) groups is 1. The number of carbonyl (C=O) groups is 3. The first-order chi connectivity index (χ1) is 20.2. The van der Waals surface area contributed by atoms with Gasteiger partial charge in [-0.05, 0) is 36.8 Å². The first-order valence-electron chi connectivity index (χ1n) is 14.2. The number of nitrogens with one attached hydrogen (secondary N) is 2. The van der Waals surface area contributed by atoms with Crippen molar-refractivity contribution in [2.24, 2.45) is 13.0 Å². The molecule has 0 saturated carbocycles. The Hall–Kier alpha value is -3.93. The number of hydrogen-bond donors (Lipinski definition) is 2. The van der Waals surface area contributed by atoms with Gasteiger partial charge in [0, 0.05) is 44.4 Å². The lowest BCUT2D eigenvalue weighted by atomic mass is 10.0. The predicted octanol–water partition coefficient (Wildman–Crippen LogP) is 2.63. The molecular formula is C30H39N7O4S. The summed E-state index contributed by atoms with van der Waals surface area (Å²) >= 11 is 1.61. The summed E-state index contributed by atoms with van der Waals surface area (Å²) < 4.78 is 3.15. The van der Waals surface area contributed by atoms with E-state index < -0.39 is 12.1 Å². The third-order valence-electron chi connectivity index (χ3n) is 7.27. The zero-order valence-electron chi connectivity index (χ0n) is 24.6. The van der Waals surface area contributed by atoms with Crippen LogP contribution < -0.4 is 16.2 Å². The molecule has 1 aliphatic heterocycles. The van der Waals surface area contributed by atoms with Gasteiger partial charge in [0.25, 0.3) is 5.91 Å². The Balaban J connectivity index is 1.74. The van der Waals surface area contributed by atoms with E-state index in [2.05, 4.69) is 10.6 Å². The van der Waals surface area contributed by atoms with Crippen molar-refractivity contribution in [1.82, 2.24) is 34.9 Å². The van der Waals surface area contributed by atoms with Gasteiger partial charge in [-0.15, -0.1) is 0 Å². The van der Waals surface area contributed by atoms with Crippen molar-refractivity contribution in [2.75, 3.05) is 25.1 Å². The lowest BCUT2D eigenvalue weighted by Gasteiger charge is -2.28. The molecule has 4 rings (SSSR count). The molecule has 0 saturated heterocycles. The van der Waals surface area contributed by atoms with Crippen molar-refractivity contribution in [2.45, 2.75) is 51.7 Å². The van der Waals surface area contributed by atoms with Crippen LogP contribution in [0.25, 0.3) is 11.4 Å². The highest BCUT2D eigenvalue weighted by molar-refractivity contribution is 7.98. The second kappa shape index (κ2) is 14.3. The van der Waals surface area contributed by atoms with Crippen molar-refractivity contribution < 1.29 is 14.4 Å². The molecule has 0 aliphatic carbocycles. The zero-order chi connectivity index (χ0) is 30.2. The van der Waals surface area contributed by atoms with Crippen molar-refractivity contribution in [1.29, 1.82) is 0 Å². The lowest BCUT2D eigenvalue weighted by molar-refractivity contribution is -0.129. The molecule has 1 aliphatic rings. The Morgan fingerprint density at radius 3 is 2.50 bits per heavy atom. The summed E-state index contributed by atoms with van der Waals surface area (Å²) in [5, 5.41) is 10.9. The number of hydrogen-bond acceptors (Lipinski definition) is 7. The maximum atomic E-state index is 13.6. The van der Waals surface area contributed by atoms with E-state index in [0.717, 1.165) is 5.56 Å². The number of aromatic nitrogens is 4. The smallest absolute Gasteiger partial charge is 0.255 e. The fourth-order valence-electron chi connectivity index (χ4n) is 4.88. The van der Waals surface area contributed by atoms with Crippen molar-refractivity contribution in [3.63, 3.8) is 0 Å². The predicted molar refractivity (Wildman–Crippen MR) is 163 cm³/mol. The van der Waals surface area contributed by atoms with Gasteiger partial charge in [0.15, 0.2) is 11.6 Å². The molecule has 2 aromatic heterocycles. The molecule has 0 bridgehead atoms. The molecule has 42 heavy (non-hydrogen) atoms. The van der Waals surface area contributed by atoms with Crippen LogP contribution in [0.5, 0.6) is 0 Å². The Kier molecular flexibility index (Phi) is 10.6. The van der Waals surface area contributed by atoms with E-state index in [1.54, 1.807) is 28.4 Å². The molecule has 3 aromatic rings. The Labute approximate surface area is 250 Å². The Bertz CT molecular complexity index is 1450. The normalized spacial score (nSPS) is 18.6. The standard InChI is InChI=1S/C30H39N7O4S/c1-20(2)26-28-33-27(21-9-6-5-7-10-21)34-37(28)17-16-36(30(41)22-12-13-25(39)35(3)19-22)15-8-11-24(38)31-23(14-18-42-4)29(40)32-26/h5-7,9-10,12-13,19-20,23,26H,8,11,14-18H2,1-4H3,(H,31,38)(H,32,40)/t23-,26+/m0/s1. The number of fused-ring (bicyclic) bond motifs is 1. The second-order valence-corrected chi connectivity index (χ2v) is 11.8. The van der Waals surface area contributed by atoms with Gasteiger partial charge in [-0.3, -0.25) is 19.2 Å². The minimum Gasteiger partial charge on any atom is -0.344 e. The largest absolute Gasteiger partial charge is 0.344 e. The molecule has 0 unspecified atom stereocenters. The van der Waals surface area contributed by atoms with E-state index in [4.69, 9.17) is 10.1 Å². The first-order valence-corrected chi connectivity index (χ1v) is 15.6. The van der Waals surface area contributed by atoms with Crippen LogP contribution in [-0.2, 0) is 23.2 Å². The minimum atomic E-state index is -0.692. The van der Waals surface area contributed by atoms with Gasteiger partial charge in [0.1, 0.15) is 6.04 Å². The Morgan fingerprint density at radius 2 is 1.81 bits per heavy atom. The number of carbonyl (C=O) groups excluding carboxylic acids is 3. The number of nitrogens with zero attached hydrogens (tertiary/aromatic N) is 5. The number of amides is 3. The zero-order valence-corrected chi connectivity index (χ0v) is 25.4. The molecule has 12 heteroatoms. The SMILES string of the molecule is CSCC[C@@H]1NC(=O)CCCN(C(=O)c2ccc(=O)n(C)c2)CCn2nc(-c3ccccc3)nc2[C@@H](C(C)C)NC1=O. The van der Waals surface area contributed by atoms with Crippen LogP contribution in [0.2, 0.25) is 0 Å². The molecule has 1 aromatic carbocycles. The van der Waals surface area contributed by atoms with Crippen molar-refractivity contribution >= 4 is 29.5 Å². The summed E-state index contributed by atoms with van der Waals surface area (Å²) in [6, 6.07) is 11.3. The van der Waals surface area contributed by atoms with Crippen LogP contribution in [-0.4, -0.2) is 73.1 Å². The molecule has 224 valence electrons. The topological polar surface area (TPSA) is 131 Å². The maximum absolute atomic E-state index is 13.6. The van der Waals surface area contributed by atoms with Crippen LogP contribution in [0.3, 0.4) is 0 Å². The maximum Gasteiger partial charge on any atom is 0.255 e. The quantitative estimate of drug-likeness (QED) is 0.449. The van der Waals surface area contributed by atoms with E-state index in [1.807, 2.05) is 50.4 Å². The second-order valence-electron chi connectivity index (χ2n) is 10.8. The first kappa shape index (κ1) is 31.0. The van der Waals surface area contributed by atoms with Gasteiger partial charge in [0.05, 0.1) is 18.2 Å². The third kappa shape index (κ3) is 7.67. The average molecular weight is 594 g/mol. The number of pyridine rings is 1. The highest BCUT2D eigenvalue weighted by atomic mass is 32.2. The van der Waals surface area contributed by atoms with Crippen LogP contribution in [0.15, 0.2) is 53.5 Å². The van der Waals surface area contributed by atoms with Gasteiger partial charge in [-0.25, -0.2) is 9.67 Å². The third-order valence-corrected chi connectivity index (χ3v) is 7.91. The molecule has 3 amide bonds. The number of aryl methyl sites for hydroxylation is 1. The van der Waals surface area contributed by atoms with E-state index >= 15 is 0 Å². The van der Waals surface area contributed by atoms with Crippen LogP contribution in [0.1, 0.15) is 55.3 Å². The van der Waals surface area contributed by atoms with Crippen molar-refractivity contribution in [3.05, 3.63) is 70.4 Å². The number of benzene rings is 1. The van der Waals surface area contributed by atoms with E-state index in [9.17, 15) is 19.2 Å². The average Bonchev–Trinajstić information content (AvgIpc) is 3.40. The highest BCUT2D eigenvalue weighted by Gasteiger charge is 2.30. The van der Waals surface area contributed by atoms with Crippen molar-refractivity contribution in [3.8, 4) is 11.4 Å². The molecule has 2 atom stereocenters. The van der Waals surface area contributed by atoms with Crippen LogP contribution in [0, 0.1) is 5.92 Å². The summed E-state index contributed by atoms with van der Waals surface area (Å²) in [6.07, 6.45) is 4.55. The van der Waals surface area contributed by atoms with Gasteiger partial charge in [-0.2, -0.15) is 16.9 Å². The summed E-state index contributed by atoms with van der Waals surface area (Å²) in [6.45, 7) is 4.94.